The van der Waals surface area contributed by atoms with Crippen LogP contribution in [-0.4, -0.2) is 11.8 Å². The minimum absolute atomic E-state index is 0.225. The number of para-hydroxylation sites is 2. The van der Waals surface area contributed by atoms with E-state index in [1.54, 1.807) is 26.8 Å². The zero-order valence-corrected chi connectivity index (χ0v) is 29.9. The van der Waals surface area contributed by atoms with E-state index in [-0.39, 0.29) is 11.8 Å². The summed E-state index contributed by atoms with van der Waals surface area (Å²) < 4.78 is 31.2. The number of hydrogen-bond acceptors (Lipinski definition) is 6. The third-order valence-corrected chi connectivity index (χ3v) is 8.70. The van der Waals surface area contributed by atoms with Crippen molar-refractivity contribution in [1.82, 2.24) is 0 Å². The summed E-state index contributed by atoms with van der Waals surface area (Å²) in [5.41, 5.74) is 7.50. The quantitative estimate of drug-likeness (QED) is 0.0974. The molecule has 0 heterocycles. The highest BCUT2D eigenvalue weighted by Gasteiger charge is 2.27. The third kappa shape index (κ3) is 8.82. The molecule has 4 aromatic carbocycles. The minimum Gasteiger partial charge on any atom is -0.428 e. The Morgan fingerprint density at radius 2 is 0.978 bits per heavy atom. The van der Waals surface area contributed by atoms with Gasteiger partial charge in [0.2, 0.25) is 0 Å². The summed E-state index contributed by atoms with van der Waals surface area (Å²) in [4.78, 5) is 12.6. The van der Waals surface area contributed by atoms with Gasteiger partial charge in [0, 0.05) is 11.1 Å². The second-order valence-electron chi connectivity index (χ2n) is 13.3. The normalized spacial score (nSPS) is 11.6. The zero-order chi connectivity index (χ0) is 33.8. The highest BCUT2D eigenvalue weighted by Crippen LogP contribution is 2.49. The van der Waals surface area contributed by atoms with E-state index >= 15 is 0 Å². The van der Waals surface area contributed by atoms with Crippen molar-refractivity contribution in [3.8, 4) is 34.1 Å². The molecular formula is C39H47O6P. The number of hydrogen-bond donors (Lipinski definition) is 0. The Kier molecular flexibility index (Phi) is 11.1. The van der Waals surface area contributed by atoms with Gasteiger partial charge in [-0.25, -0.2) is 4.79 Å². The maximum Gasteiger partial charge on any atom is 0.530 e. The highest BCUT2D eigenvalue weighted by atomic mass is 31.2. The lowest BCUT2D eigenvalue weighted by molar-refractivity contribution is 0.0207. The molecular weight excluding hydrogens is 595 g/mol. The lowest BCUT2D eigenvalue weighted by atomic mass is 9.97. The Morgan fingerprint density at radius 3 is 1.43 bits per heavy atom. The fourth-order valence-electron chi connectivity index (χ4n) is 4.89. The summed E-state index contributed by atoms with van der Waals surface area (Å²) in [7, 11) is -2.00. The average Bonchev–Trinajstić information content (AvgIpc) is 2.96. The first-order valence-electron chi connectivity index (χ1n) is 15.8. The van der Waals surface area contributed by atoms with E-state index in [0.29, 0.717) is 17.1 Å². The Balaban J connectivity index is 1.79. The number of rotatable bonds is 10. The highest BCUT2D eigenvalue weighted by molar-refractivity contribution is 7.43. The van der Waals surface area contributed by atoms with Crippen LogP contribution in [-0.2, 0) is 4.74 Å². The van der Waals surface area contributed by atoms with Crippen molar-refractivity contribution in [2.24, 2.45) is 0 Å². The molecule has 7 heteroatoms. The van der Waals surface area contributed by atoms with Gasteiger partial charge in [0.05, 0.1) is 0 Å². The van der Waals surface area contributed by atoms with E-state index in [1.807, 2.05) is 42.5 Å². The molecule has 0 fully saturated rings. The molecule has 0 saturated heterocycles. The topological polar surface area (TPSA) is 63.2 Å². The van der Waals surface area contributed by atoms with Crippen molar-refractivity contribution < 1.29 is 27.8 Å². The third-order valence-electron chi connectivity index (χ3n) is 7.66. The number of carbonyl (C=O) groups excluding carboxylic acids is 1. The molecule has 4 aromatic rings. The van der Waals surface area contributed by atoms with Crippen LogP contribution in [0.25, 0.3) is 11.1 Å². The molecule has 0 unspecified atom stereocenters. The van der Waals surface area contributed by atoms with Gasteiger partial charge in [0.25, 0.3) is 0 Å². The van der Waals surface area contributed by atoms with Crippen LogP contribution >= 0.6 is 8.60 Å². The molecule has 0 N–H and O–H groups in total. The molecule has 0 saturated carbocycles. The molecule has 0 aliphatic heterocycles. The molecule has 0 aliphatic rings. The summed E-state index contributed by atoms with van der Waals surface area (Å²) in [5.74, 6) is 2.78. The first-order chi connectivity index (χ1) is 21.6. The molecule has 4 rings (SSSR count). The standard InChI is InChI=1S/C39H47O6P/c1-24(2)32-20-26(5)28(7)22-36(32)44-46(45-37-23-29(8)27(6)21-33(37)25(3)4)43-35-19-15-13-17-31(35)30-16-12-14-18-34(30)41-38(40)42-39(9,10)11/h12-25H,1-11H3. The van der Waals surface area contributed by atoms with Crippen molar-refractivity contribution in [3.05, 3.63) is 106 Å². The van der Waals surface area contributed by atoms with Crippen LogP contribution in [0.5, 0.6) is 23.0 Å². The van der Waals surface area contributed by atoms with Crippen LogP contribution in [0.15, 0.2) is 72.8 Å². The van der Waals surface area contributed by atoms with Gasteiger partial charge in [-0.2, -0.15) is 0 Å². The first-order valence-corrected chi connectivity index (χ1v) is 16.9. The zero-order valence-electron chi connectivity index (χ0n) is 29.0. The Hall–Kier alpha value is -4.02. The maximum absolute atomic E-state index is 12.6. The maximum atomic E-state index is 12.6. The minimum atomic E-state index is -2.00. The molecule has 0 bridgehead atoms. The summed E-state index contributed by atoms with van der Waals surface area (Å²) in [6, 6.07) is 23.4. The Bertz CT molecular complexity index is 1620. The largest absolute Gasteiger partial charge is 0.530 e. The second-order valence-corrected chi connectivity index (χ2v) is 14.3. The molecule has 6 nitrogen and oxygen atoms in total. The van der Waals surface area contributed by atoms with E-state index in [9.17, 15) is 4.79 Å². The van der Waals surface area contributed by atoms with Crippen LogP contribution in [0.4, 0.5) is 4.79 Å². The molecule has 244 valence electrons. The Labute approximate surface area is 276 Å². The Morgan fingerprint density at radius 1 is 0.587 bits per heavy atom. The van der Waals surface area contributed by atoms with Crippen molar-refractivity contribution in [1.29, 1.82) is 0 Å². The molecule has 0 atom stereocenters. The lowest BCUT2D eigenvalue weighted by Gasteiger charge is -2.24. The smallest absolute Gasteiger partial charge is 0.428 e. The van der Waals surface area contributed by atoms with E-state index in [4.69, 9.17) is 23.0 Å². The summed E-state index contributed by atoms with van der Waals surface area (Å²) in [6.07, 6.45) is -0.779. The monoisotopic (exact) mass is 642 g/mol. The van der Waals surface area contributed by atoms with Crippen LogP contribution in [0.1, 0.15) is 93.7 Å². The number of ether oxygens (including phenoxy) is 2. The molecule has 0 radical (unpaired) electrons. The van der Waals surface area contributed by atoms with Gasteiger partial charge in [-0.1, -0.05) is 76.2 Å². The van der Waals surface area contributed by atoms with E-state index < -0.39 is 20.4 Å². The van der Waals surface area contributed by atoms with Crippen LogP contribution in [0, 0.1) is 27.7 Å². The van der Waals surface area contributed by atoms with Crippen LogP contribution in [0.2, 0.25) is 0 Å². The van der Waals surface area contributed by atoms with E-state index in [2.05, 4.69) is 79.7 Å². The number of benzene rings is 4. The van der Waals surface area contributed by atoms with Gasteiger partial charge < -0.3 is 23.0 Å². The number of carbonyl (C=O) groups is 1. The predicted octanol–water partition coefficient (Wildman–Crippen LogP) is 11.9. The first kappa shape index (κ1) is 34.8. The summed E-state index contributed by atoms with van der Waals surface area (Å²) >= 11 is 0. The SMILES string of the molecule is Cc1cc(OP(Oc2ccccc2-c2ccccc2OC(=O)OC(C)(C)C)Oc2cc(C)c(C)cc2C(C)C)c(C(C)C)cc1C. The van der Waals surface area contributed by atoms with Gasteiger partial charge in [-0.05, 0) is 118 Å². The van der Waals surface area contributed by atoms with Crippen LogP contribution in [0.3, 0.4) is 0 Å². The predicted molar refractivity (Wildman–Crippen MR) is 188 cm³/mol. The van der Waals surface area contributed by atoms with E-state index in [0.717, 1.165) is 39.3 Å². The van der Waals surface area contributed by atoms with Crippen molar-refractivity contribution in [2.75, 3.05) is 0 Å². The number of aryl methyl sites for hydroxylation is 4. The van der Waals surface area contributed by atoms with Gasteiger partial charge in [0.1, 0.15) is 28.6 Å². The summed E-state index contributed by atoms with van der Waals surface area (Å²) in [5, 5.41) is 0. The van der Waals surface area contributed by atoms with E-state index in [1.165, 1.54) is 11.1 Å². The lowest BCUT2D eigenvalue weighted by Crippen LogP contribution is -2.26. The van der Waals surface area contributed by atoms with Crippen molar-refractivity contribution in [3.63, 3.8) is 0 Å². The fourth-order valence-corrected chi connectivity index (χ4v) is 5.96. The molecule has 0 aromatic heterocycles. The van der Waals surface area contributed by atoms with Gasteiger partial charge in [-0.15, -0.1) is 0 Å². The molecule has 0 amide bonds. The van der Waals surface area contributed by atoms with Gasteiger partial charge in [-0.3, -0.25) is 0 Å². The average molecular weight is 643 g/mol. The molecule has 0 aliphatic carbocycles. The molecule has 0 spiro atoms. The van der Waals surface area contributed by atoms with Crippen molar-refractivity contribution >= 4 is 14.8 Å². The second kappa shape index (κ2) is 14.6. The van der Waals surface area contributed by atoms with Gasteiger partial charge >= 0.3 is 14.8 Å². The van der Waals surface area contributed by atoms with Gasteiger partial charge in [0.15, 0.2) is 0 Å². The summed E-state index contributed by atoms with van der Waals surface area (Å²) in [6.45, 7) is 22.4. The fraction of sp³-hybridized carbons (Fsp3) is 0.359. The van der Waals surface area contributed by atoms with Crippen LogP contribution < -0.4 is 18.3 Å². The molecule has 46 heavy (non-hydrogen) atoms. The van der Waals surface area contributed by atoms with Crippen molar-refractivity contribution in [2.45, 2.75) is 93.6 Å².